The van der Waals surface area contributed by atoms with Crippen molar-refractivity contribution in [3.63, 3.8) is 0 Å². The number of thiazole rings is 1. The maximum absolute atomic E-state index is 12.7. The van der Waals surface area contributed by atoms with Crippen molar-refractivity contribution in [2.24, 2.45) is 5.16 Å². The van der Waals surface area contributed by atoms with Crippen LogP contribution >= 0.6 is 22.7 Å². The fraction of sp³-hybridized carbons (Fsp3) is 0.312. The average molecular weight is 504 g/mol. The predicted octanol–water partition coefficient (Wildman–Crippen LogP) is -0.578. The quantitative estimate of drug-likeness (QED) is 0.131. The van der Waals surface area contributed by atoms with Crippen LogP contribution in [0.5, 0.6) is 0 Å². The van der Waals surface area contributed by atoms with Crippen LogP contribution in [0.4, 0.5) is 5.13 Å². The van der Waals surface area contributed by atoms with E-state index in [1.807, 2.05) is 0 Å². The van der Waals surface area contributed by atoms with Gasteiger partial charge in [0.05, 0.1) is 6.42 Å². The summed E-state index contributed by atoms with van der Waals surface area (Å²) in [5.74, 6) is -2.71. The van der Waals surface area contributed by atoms with Crippen LogP contribution in [-0.2, 0) is 40.7 Å². The number of nitrogens with zero attached hydrogens (tertiary/aromatic N) is 3. The summed E-state index contributed by atoms with van der Waals surface area (Å²) < 4.78 is 37.7. The lowest BCUT2D eigenvalue weighted by molar-refractivity contribution is -0.155. The molecule has 172 valence electrons. The Bertz CT molecular complexity index is 1140. The molecule has 0 bridgehead atoms. The van der Waals surface area contributed by atoms with E-state index in [0.717, 1.165) is 16.2 Å². The van der Waals surface area contributed by atoms with Crippen molar-refractivity contribution in [2.45, 2.75) is 18.5 Å². The second-order valence-corrected chi connectivity index (χ2v) is 9.47. The van der Waals surface area contributed by atoms with Gasteiger partial charge in [-0.1, -0.05) is 11.2 Å². The number of nitrogens with one attached hydrogen (secondary N) is 1. The van der Waals surface area contributed by atoms with E-state index in [9.17, 15) is 27.4 Å². The smallest absolute Gasteiger partial charge is 0.362 e. The standard InChI is InChI=1S/C16H17N5O8S3/c1-28-20-12(9-7-31-16(17)18-9)14(23)19-13-10(21(15(13)24)32(25,26)27)6-29-11(22)5-8-3-2-4-30-8/h2-4,7,10,13H,5-6H2,1H3,(H2,17,18)(H,19,23)(H,25,26,27)/b20-12-. The highest BCUT2D eigenvalue weighted by Gasteiger charge is 2.54. The fourth-order valence-electron chi connectivity index (χ4n) is 2.81. The second-order valence-electron chi connectivity index (χ2n) is 6.26. The molecule has 0 aromatic carbocycles. The van der Waals surface area contributed by atoms with Crippen LogP contribution in [0.25, 0.3) is 0 Å². The van der Waals surface area contributed by atoms with Crippen molar-refractivity contribution in [1.82, 2.24) is 14.6 Å². The Morgan fingerprint density at radius 3 is 2.72 bits per heavy atom. The predicted molar refractivity (Wildman–Crippen MR) is 113 cm³/mol. The molecule has 3 heterocycles. The number of hydrogen-bond acceptors (Lipinski definition) is 12. The number of thiophene rings is 1. The highest BCUT2D eigenvalue weighted by molar-refractivity contribution is 7.84. The molecule has 1 saturated heterocycles. The zero-order valence-electron chi connectivity index (χ0n) is 16.3. The number of hydrogen-bond donors (Lipinski definition) is 3. The summed E-state index contributed by atoms with van der Waals surface area (Å²) in [7, 11) is -3.76. The average Bonchev–Trinajstić information content (AvgIpc) is 3.37. The van der Waals surface area contributed by atoms with Crippen LogP contribution in [0.15, 0.2) is 28.0 Å². The van der Waals surface area contributed by atoms with Gasteiger partial charge in [-0.3, -0.25) is 18.9 Å². The Balaban J connectivity index is 1.72. The van der Waals surface area contributed by atoms with Gasteiger partial charge in [0.2, 0.25) is 0 Å². The van der Waals surface area contributed by atoms with Crippen LogP contribution in [0.2, 0.25) is 0 Å². The number of aromatic nitrogens is 1. The summed E-state index contributed by atoms with van der Waals surface area (Å²) in [5.41, 5.74) is 5.31. The number of esters is 1. The van der Waals surface area contributed by atoms with Crippen molar-refractivity contribution in [3.8, 4) is 0 Å². The summed E-state index contributed by atoms with van der Waals surface area (Å²) >= 11 is 2.37. The topological polar surface area (TPSA) is 191 Å². The number of amides is 2. The van der Waals surface area contributed by atoms with E-state index in [2.05, 4.69) is 20.3 Å². The molecule has 1 fully saturated rings. The molecule has 32 heavy (non-hydrogen) atoms. The number of nitrogen functional groups attached to an aromatic ring is 1. The third kappa shape index (κ3) is 5.21. The minimum absolute atomic E-state index is 0.0584. The molecular formula is C16H17N5O8S3. The van der Waals surface area contributed by atoms with Gasteiger partial charge < -0.3 is 20.6 Å². The first-order valence-corrected chi connectivity index (χ1v) is 11.9. The molecule has 2 aromatic rings. The van der Waals surface area contributed by atoms with E-state index in [0.29, 0.717) is 0 Å². The maximum Gasteiger partial charge on any atom is 0.362 e. The Morgan fingerprint density at radius 1 is 1.41 bits per heavy atom. The molecule has 16 heteroatoms. The summed E-state index contributed by atoms with van der Waals surface area (Å²) in [4.78, 5) is 46.3. The van der Waals surface area contributed by atoms with Crippen LogP contribution in [0.3, 0.4) is 0 Å². The zero-order valence-corrected chi connectivity index (χ0v) is 18.8. The normalized spacial score (nSPS) is 18.8. The maximum atomic E-state index is 12.7. The summed E-state index contributed by atoms with van der Waals surface area (Å²) in [6, 6.07) is 0.683. The van der Waals surface area contributed by atoms with E-state index in [1.54, 1.807) is 17.5 Å². The lowest BCUT2D eigenvalue weighted by atomic mass is 9.99. The lowest BCUT2D eigenvalue weighted by Gasteiger charge is -2.43. The lowest BCUT2D eigenvalue weighted by Crippen LogP contribution is -2.73. The minimum atomic E-state index is -4.95. The monoisotopic (exact) mass is 503 g/mol. The third-order valence-corrected chi connectivity index (χ3v) is 6.68. The first kappa shape index (κ1) is 23.6. The largest absolute Gasteiger partial charge is 0.463 e. The van der Waals surface area contributed by atoms with E-state index >= 15 is 0 Å². The number of β-lactam (4-membered cyclic amide) rings is 1. The van der Waals surface area contributed by atoms with Crippen LogP contribution in [-0.4, -0.2) is 71.6 Å². The van der Waals surface area contributed by atoms with Crippen molar-refractivity contribution in [2.75, 3.05) is 19.5 Å². The van der Waals surface area contributed by atoms with Crippen LogP contribution in [0, 0.1) is 0 Å². The molecule has 2 unspecified atom stereocenters. The van der Waals surface area contributed by atoms with Gasteiger partial charge in [-0.05, 0) is 11.4 Å². The fourth-order valence-corrected chi connectivity index (χ4v) is 4.92. The van der Waals surface area contributed by atoms with Gasteiger partial charge in [-0.25, -0.2) is 9.29 Å². The number of carbonyl (C=O) groups excluding carboxylic acids is 3. The first-order valence-electron chi connectivity index (χ1n) is 8.74. The van der Waals surface area contributed by atoms with Crippen LogP contribution in [0.1, 0.15) is 10.6 Å². The van der Waals surface area contributed by atoms with Gasteiger partial charge in [0.1, 0.15) is 31.5 Å². The molecule has 0 radical (unpaired) electrons. The van der Waals surface area contributed by atoms with Crippen LogP contribution < -0.4 is 11.1 Å². The van der Waals surface area contributed by atoms with Crippen molar-refractivity contribution in [1.29, 1.82) is 0 Å². The number of rotatable bonds is 9. The molecule has 3 rings (SSSR count). The second kappa shape index (κ2) is 9.60. The van der Waals surface area contributed by atoms with Gasteiger partial charge in [0, 0.05) is 10.3 Å². The molecule has 0 spiro atoms. The molecule has 0 aliphatic carbocycles. The molecule has 2 aromatic heterocycles. The molecule has 0 saturated carbocycles. The molecular weight excluding hydrogens is 486 g/mol. The van der Waals surface area contributed by atoms with E-state index in [-0.39, 0.29) is 27.3 Å². The van der Waals surface area contributed by atoms with E-state index < -0.39 is 46.8 Å². The SMILES string of the molecule is CO/N=C(\C(=O)NC1C(=O)N(S(=O)(=O)O)C1COC(=O)Cc1cccs1)c1csc(N)n1. The first-order chi connectivity index (χ1) is 15.1. The number of oxime groups is 1. The molecule has 1 aliphatic heterocycles. The van der Waals surface area contributed by atoms with Crippen molar-refractivity contribution >= 4 is 61.6 Å². The molecule has 13 nitrogen and oxygen atoms in total. The summed E-state index contributed by atoms with van der Waals surface area (Å²) in [6.45, 7) is -0.582. The van der Waals surface area contributed by atoms with Gasteiger partial charge in [0.15, 0.2) is 10.8 Å². The Morgan fingerprint density at radius 2 is 2.16 bits per heavy atom. The van der Waals surface area contributed by atoms with E-state index in [4.69, 9.17) is 10.5 Å². The zero-order chi connectivity index (χ0) is 23.5. The Labute approximate surface area is 189 Å². The molecule has 2 atom stereocenters. The number of carbonyl (C=O) groups is 3. The number of ether oxygens (including phenoxy) is 1. The minimum Gasteiger partial charge on any atom is -0.463 e. The van der Waals surface area contributed by atoms with Gasteiger partial charge >= 0.3 is 16.3 Å². The highest BCUT2D eigenvalue weighted by Crippen LogP contribution is 2.25. The summed E-state index contributed by atoms with van der Waals surface area (Å²) in [6.07, 6.45) is -0.0584. The van der Waals surface area contributed by atoms with E-state index in [1.165, 1.54) is 23.8 Å². The van der Waals surface area contributed by atoms with Gasteiger partial charge in [0.25, 0.3) is 11.8 Å². The number of anilines is 1. The molecule has 1 aliphatic rings. The Kier molecular flexibility index (Phi) is 7.07. The number of nitrogens with two attached hydrogens (primary N) is 1. The summed E-state index contributed by atoms with van der Waals surface area (Å²) in [5, 5.41) is 9.23. The Hall–Kier alpha value is -3.08. The molecule has 2 amide bonds. The van der Waals surface area contributed by atoms with Gasteiger partial charge in [-0.2, -0.15) is 8.42 Å². The van der Waals surface area contributed by atoms with Gasteiger partial charge in [-0.15, -0.1) is 22.7 Å². The highest BCUT2D eigenvalue weighted by atomic mass is 32.2. The third-order valence-electron chi connectivity index (χ3n) is 4.18. The van der Waals surface area contributed by atoms with Crippen molar-refractivity contribution in [3.05, 3.63) is 33.5 Å². The molecule has 4 N–H and O–H groups in total. The van der Waals surface area contributed by atoms with Crippen molar-refractivity contribution < 1.29 is 36.9 Å².